The molecular formula is C22H23FN2O2S. The van der Waals surface area contributed by atoms with E-state index in [2.05, 4.69) is 10.3 Å². The van der Waals surface area contributed by atoms with Gasteiger partial charge in [0.25, 0.3) is 0 Å². The van der Waals surface area contributed by atoms with E-state index >= 15 is 0 Å². The first-order valence-corrected chi connectivity index (χ1v) is 10.2. The predicted molar refractivity (Wildman–Crippen MR) is 109 cm³/mol. The monoisotopic (exact) mass is 398 g/mol. The molecule has 0 unspecified atom stereocenters. The number of nitrogens with zero attached hydrogens (tertiary/aromatic N) is 2. The quantitative estimate of drug-likeness (QED) is 0.527. The van der Waals surface area contributed by atoms with E-state index in [1.165, 1.54) is 25.0 Å². The summed E-state index contributed by atoms with van der Waals surface area (Å²) in [5.74, 6) is 1.22. The van der Waals surface area contributed by atoms with Gasteiger partial charge in [0.2, 0.25) is 0 Å². The molecule has 6 heteroatoms. The zero-order chi connectivity index (χ0) is 19.5. The minimum absolute atomic E-state index is 0.194. The second kappa shape index (κ2) is 8.29. The molecule has 1 aliphatic carbocycles. The summed E-state index contributed by atoms with van der Waals surface area (Å²) in [5.41, 5.74) is 3.21. The van der Waals surface area contributed by atoms with E-state index < -0.39 is 0 Å². The third-order valence-electron chi connectivity index (χ3n) is 4.91. The Bertz CT molecular complexity index is 938. The van der Waals surface area contributed by atoms with Crippen LogP contribution < -0.4 is 9.47 Å². The van der Waals surface area contributed by atoms with Crippen LogP contribution in [0, 0.1) is 5.82 Å². The Balaban J connectivity index is 1.49. The van der Waals surface area contributed by atoms with Crippen LogP contribution >= 0.6 is 11.3 Å². The fourth-order valence-corrected chi connectivity index (χ4v) is 4.08. The molecule has 0 atom stereocenters. The third-order valence-corrected chi connectivity index (χ3v) is 5.85. The number of hydrogen-bond donors (Lipinski definition) is 0. The first-order valence-electron chi connectivity index (χ1n) is 9.31. The molecule has 1 heterocycles. The first kappa shape index (κ1) is 18.9. The SMILES string of the molecule is COc1ccc(-c2nc(CN(Cc3ccc(F)cc3)C3CC3)cs2)cc1OC. The fraction of sp³-hybridized carbons (Fsp3) is 0.318. The number of rotatable bonds is 8. The number of hydrogen-bond acceptors (Lipinski definition) is 5. The molecule has 1 aromatic heterocycles. The maximum Gasteiger partial charge on any atom is 0.161 e. The molecule has 1 fully saturated rings. The van der Waals surface area contributed by atoms with Gasteiger partial charge in [0.05, 0.1) is 19.9 Å². The van der Waals surface area contributed by atoms with Gasteiger partial charge in [-0.15, -0.1) is 11.3 Å². The number of ether oxygens (including phenoxy) is 2. The molecule has 146 valence electrons. The van der Waals surface area contributed by atoms with Crippen LogP contribution in [0.5, 0.6) is 11.5 Å². The van der Waals surface area contributed by atoms with Crippen LogP contribution in [0.25, 0.3) is 10.6 Å². The van der Waals surface area contributed by atoms with Crippen LogP contribution in [0.4, 0.5) is 4.39 Å². The Morgan fingerprint density at radius 3 is 2.46 bits per heavy atom. The number of halogens is 1. The predicted octanol–water partition coefficient (Wildman–Crippen LogP) is 5.13. The van der Waals surface area contributed by atoms with Gasteiger partial charge in [0.15, 0.2) is 11.5 Å². The topological polar surface area (TPSA) is 34.6 Å². The highest BCUT2D eigenvalue weighted by molar-refractivity contribution is 7.13. The van der Waals surface area contributed by atoms with Gasteiger partial charge in [0, 0.05) is 30.1 Å². The lowest BCUT2D eigenvalue weighted by molar-refractivity contribution is 0.243. The van der Waals surface area contributed by atoms with Gasteiger partial charge in [-0.3, -0.25) is 4.90 Å². The van der Waals surface area contributed by atoms with E-state index in [4.69, 9.17) is 14.5 Å². The largest absolute Gasteiger partial charge is 0.493 e. The van der Waals surface area contributed by atoms with Gasteiger partial charge in [-0.05, 0) is 48.7 Å². The van der Waals surface area contributed by atoms with Crippen molar-refractivity contribution in [3.05, 3.63) is 64.9 Å². The first-order chi connectivity index (χ1) is 13.7. The molecule has 4 rings (SSSR count). The number of benzene rings is 2. The molecule has 0 aliphatic heterocycles. The van der Waals surface area contributed by atoms with Crippen LogP contribution in [-0.4, -0.2) is 30.1 Å². The van der Waals surface area contributed by atoms with Crippen molar-refractivity contribution in [2.24, 2.45) is 0 Å². The smallest absolute Gasteiger partial charge is 0.161 e. The molecular weight excluding hydrogens is 375 g/mol. The lowest BCUT2D eigenvalue weighted by Crippen LogP contribution is -2.25. The minimum Gasteiger partial charge on any atom is -0.493 e. The highest BCUT2D eigenvalue weighted by atomic mass is 32.1. The molecule has 2 aromatic carbocycles. The van der Waals surface area contributed by atoms with Crippen molar-refractivity contribution in [3.8, 4) is 22.1 Å². The van der Waals surface area contributed by atoms with Gasteiger partial charge >= 0.3 is 0 Å². The minimum atomic E-state index is -0.194. The van der Waals surface area contributed by atoms with E-state index in [1.807, 2.05) is 30.3 Å². The normalized spacial score (nSPS) is 13.7. The van der Waals surface area contributed by atoms with Gasteiger partial charge in [-0.1, -0.05) is 12.1 Å². The summed E-state index contributed by atoms with van der Waals surface area (Å²) in [6, 6.07) is 13.2. The lowest BCUT2D eigenvalue weighted by atomic mass is 10.2. The summed E-state index contributed by atoms with van der Waals surface area (Å²) in [4.78, 5) is 7.27. The lowest BCUT2D eigenvalue weighted by Gasteiger charge is -2.21. The number of aromatic nitrogens is 1. The van der Waals surface area contributed by atoms with Crippen LogP contribution in [0.2, 0.25) is 0 Å². The van der Waals surface area contributed by atoms with E-state index in [0.29, 0.717) is 17.5 Å². The summed E-state index contributed by atoms with van der Waals surface area (Å²) in [6.45, 7) is 1.61. The Kier molecular flexibility index (Phi) is 5.59. The van der Waals surface area contributed by atoms with Crippen LogP contribution in [0.15, 0.2) is 47.8 Å². The fourth-order valence-electron chi connectivity index (χ4n) is 3.27. The summed E-state index contributed by atoms with van der Waals surface area (Å²) in [5, 5.41) is 3.08. The molecule has 1 aliphatic rings. The maximum absolute atomic E-state index is 13.2. The molecule has 1 saturated carbocycles. The van der Waals surface area contributed by atoms with E-state index in [1.54, 1.807) is 25.6 Å². The Hall–Kier alpha value is -2.44. The van der Waals surface area contributed by atoms with E-state index in [9.17, 15) is 4.39 Å². The number of thiazole rings is 1. The molecule has 0 spiro atoms. The Labute approximate surface area is 168 Å². The zero-order valence-electron chi connectivity index (χ0n) is 16.0. The Morgan fingerprint density at radius 2 is 1.79 bits per heavy atom. The average molecular weight is 399 g/mol. The van der Waals surface area contributed by atoms with Crippen molar-refractivity contribution in [2.75, 3.05) is 14.2 Å². The molecule has 0 saturated heterocycles. The van der Waals surface area contributed by atoms with Crippen molar-refractivity contribution in [1.29, 1.82) is 0 Å². The average Bonchev–Trinajstić information content (AvgIpc) is 3.47. The van der Waals surface area contributed by atoms with Crippen LogP contribution in [-0.2, 0) is 13.1 Å². The second-order valence-corrected chi connectivity index (χ2v) is 7.83. The van der Waals surface area contributed by atoms with Crippen LogP contribution in [0.3, 0.4) is 0 Å². The van der Waals surface area contributed by atoms with E-state index in [-0.39, 0.29) is 5.82 Å². The third kappa shape index (κ3) is 4.34. The molecule has 0 amide bonds. The molecule has 0 N–H and O–H groups in total. The maximum atomic E-state index is 13.2. The molecule has 28 heavy (non-hydrogen) atoms. The standard InChI is InChI=1S/C22H23FN2O2S/c1-26-20-10-5-16(11-21(20)27-2)22-24-18(14-28-22)13-25(19-8-9-19)12-15-3-6-17(23)7-4-15/h3-7,10-11,14,19H,8-9,12-13H2,1-2H3. The van der Waals surface area contributed by atoms with Crippen molar-refractivity contribution in [2.45, 2.75) is 32.0 Å². The Morgan fingerprint density at radius 1 is 1.04 bits per heavy atom. The van der Waals surface area contributed by atoms with E-state index in [0.717, 1.165) is 34.9 Å². The molecule has 4 nitrogen and oxygen atoms in total. The van der Waals surface area contributed by atoms with Crippen molar-refractivity contribution in [1.82, 2.24) is 9.88 Å². The summed E-state index contributed by atoms with van der Waals surface area (Å²) < 4.78 is 23.9. The highest BCUT2D eigenvalue weighted by Crippen LogP contribution is 2.35. The molecule has 0 radical (unpaired) electrons. The van der Waals surface area contributed by atoms with Gasteiger partial charge in [-0.25, -0.2) is 9.37 Å². The van der Waals surface area contributed by atoms with Crippen molar-refractivity contribution >= 4 is 11.3 Å². The second-order valence-electron chi connectivity index (χ2n) is 6.98. The highest BCUT2D eigenvalue weighted by Gasteiger charge is 2.29. The van der Waals surface area contributed by atoms with Crippen LogP contribution in [0.1, 0.15) is 24.1 Å². The van der Waals surface area contributed by atoms with Gasteiger partial charge in [0.1, 0.15) is 10.8 Å². The van der Waals surface area contributed by atoms with Crippen molar-refractivity contribution in [3.63, 3.8) is 0 Å². The molecule has 3 aromatic rings. The van der Waals surface area contributed by atoms with Gasteiger partial charge in [-0.2, -0.15) is 0 Å². The summed E-state index contributed by atoms with van der Waals surface area (Å²) in [7, 11) is 3.27. The molecule has 0 bridgehead atoms. The van der Waals surface area contributed by atoms with Gasteiger partial charge < -0.3 is 9.47 Å². The zero-order valence-corrected chi connectivity index (χ0v) is 16.8. The van der Waals surface area contributed by atoms with Crippen molar-refractivity contribution < 1.29 is 13.9 Å². The summed E-state index contributed by atoms with van der Waals surface area (Å²) >= 11 is 1.63. The summed E-state index contributed by atoms with van der Waals surface area (Å²) in [6.07, 6.45) is 2.43. The number of methoxy groups -OCH3 is 2.